The Morgan fingerprint density at radius 1 is 1.08 bits per heavy atom. The van der Waals surface area contributed by atoms with Crippen LogP contribution in [0.2, 0.25) is 5.02 Å². The van der Waals surface area contributed by atoms with E-state index in [1.165, 1.54) is 6.08 Å². The van der Waals surface area contributed by atoms with Crippen molar-refractivity contribution in [3.8, 4) is 6.07 Å². The van der Waals surface area contributed by atoms with Gasteiger partial charge in [0.05, 0.1) is 6.07 Å². The Morgan fingerprint density at radius 3 is 2.38 bits per heavy atom. The third kappa shape index (κ3) is 5.59. The highest BCUT2D eigenvalue weighted by atomic mass is 35.5. The van der Waals surface area contributed by atoms with E-state index in [4.69, 9.17) is 16.9 Å². The molecular formula is C18H14ClN3O2. The van der Waals surface area contributed by atoms with Crippen LogP contribution in [0.3, 0.4) is 0 Å². The first kappa shape index (κ1) is 17.3. The van der Waals surface area contributed by atoms with Gasteiger partial charge >= 0.3 is 0 Å². The molecule has 0 fully saturated rings. The second-order valence-electron chi connectivity index (χ2n) is 4.84. The maximum Gasteiger partial charge on any atom is 0.248 e. The van der Waals surface area contributed by atoms with Crippen LogP contribution in [-0.2, 0) is 9.59 Å². The molecule has 0 radical (unpaired) electrons. The number of amides is 2. The van der Waals surface area contributed by atoms with Crippen LogP contribution in [0, 0.1) is 11.3 Å². The zero-order valence-corrected chi connectivity index (χ0v) is 13.4. The number of nitrogens with one attached hydrogen (secondary N) is 2. The molecule has 0 spiro atoms. The van der Waals surface area contributed by atoms with Gasteiger partial charge in [0.15, 0.2) is 0 Å². The lowest BCUT2D eigenvalue weighted by Crippen LogP contribution is -2.10. The Kier molecular flexibility index (Phi) is 6.12. The highest BCUT2D eigenvalue weighted by molar-refractivity contribution is 6.30. The second-order valence-corrected chi connectivity index (χ2v) is 5.27. The molecule has 2 rings (SSSR count). The van der Waals surface area contributed by atoms with E-state index in [2.05, 4.69) is 10.6 Å². The van der Waals surface area contributed by atoms with Crippen LogP contribution in [0.15, 0.2) is 54.6 Å². The van der Waals surface area contributed by atoms with Gasteiger partial charge in [0.2, 0.25) is 11.8 Å². The van der Waals surface area contributed by atoms with Crippen molar-refractivity contribution in [2.24, 2.45) is 0 Å². The molecule has 0 saturated heterocycles. The van der Waals surface area contributed by atoms with Crippen LogP contribution in [0.4, 0.5) is 11.4 Å². The van der Waals surface area contributed by atoms with Crippen molar-refractivity contribution in [3.63, 3.8) is 0 Å². The summed E-state index contributed by atoms with van der Waals surface area (Å²) in [6.45, 7) is 0. The number of hydrogen-bond acceptors (Lipinski definition) is 3. The molecule has 2 N–H and O–H groups in total. The average Bonchev–Trinajstić information content (AvgIpc) is 2.55. The van der Waals surface area contributed by atoms with Gasteiger partial charge in [-0.25, -0.2) is 0 Å². The van der Waals surface area contributed by atoms with E-state index in [0.29, 0.717) is 16.4 Å². The quantitative estimate of drug-likeness (QED) is 0.812. The van der Waals surface area contributed by atoms with Gasteiger partial charge < -0.3 is 10.6 Å². The van der Waals surface area contributed by atoms with Crippen molar-refractivity contribution in [2.75, 3.05) is 10.6 Å². The van der Waals surface area contributed by atoms with Gasteiger partial charge in [-0.3, -0.25) is 9.59 Å². The number of halogens is 1. The monoisotopic (exact) mass is 339 g/mol. The van der Waals surface area contributed by atoms with Gasteiger partial charge in [-0.2, -0.15) is 5.26 Å². The second kappa shape index (κ2) is 8.51. The number of rotatable bonds is 5. The number of nitrogens with zero attached hydrogens (tertiary/aromatic N) is 1. The zero-order valence-electron chi connectivity index (χ0n) is 12.6. The summed E-state index contributed by atoms with van der Waals surface area (Å²) in [5, 5.41) is 14.3. The van der Waals surface area contributed by atoms with Crippen molar-refractivity contribution in [3.05, 3.63) is 65.2 Å². The van der Waals surface area contributed by atoms with E-state index >= 15 is 0 Å². The van der Waals surface area contributed by atoms with Crippen LogP contribution < -0.4 is 10.6 Å². The van der Waals surface area contributed by atoms with Gasteiger partial charge in [0, 0.05) is 22.5 Å². The number of hydrogen-bond donors (Lipinski definition) is 2. The standard InChI is InChI=1S/C18H14ClN3O2/c19-14-3-1-2-13(12-14)4-9-17(23)21-15-5-7-16(8-6-15)22-18(24)10-11-20/h1-9,12H,10H2,(H,21,23)(H,22,24)/b9-4+. The minimum absolute atomic E-state index is 0.202. The highest BCUT2D eigenvalue weighted by Gasteiger charge is 2.02. The molecule has 5 nitrogen and oxygen atoms in total. The molecule has 0 aliphatic heterocycles. The summed E-state index contributed by atoms with van der Waals surface area (Å²) in [5.74, 6) is -0.657. The van der Waals surface area contributed by atoms with E-state index in [1.807, 2.05) is 6.07 Å². The van der Waals surface area contributed by atoms with E-state index in [-0.39, 0.29) is 18.2 Å². The first-order chi connectivity index (χ1) is 11.6. The lowest BCUT2D eigenvalue weighted by atomic mass is 10.2. The molecule has 0 atom stereocenters. The maximum atomic E-state index is 11.9. The van der Waals surface area contributed by atoms with Gasteiger partial charge in [0.1, 0.15) is 6.42 Å². The van der Waals surface area contributed by atoms with Crippen LogP contribution in [0.25, 0.3) is 6.08 Å². The number of carbonyl (C=O) groups is 2. The van der Waals surface area contributed by atoms with E-state index in [1.54, 1.807) is 54.6 Å². The SMILES string of the molecule is N#CCC(=O)Nc1ccc(NC(=O)/C=C/c2cccc(Cl)c2)cc1. The normalized spacial score (nSPS) is 10.2. The maximum absolute atomic E-state index is 11.9. The fourth-order valence-electron chi connectivity index (χ4n) is 1.88. The molecule has 2 aromatic carbocycles. The molecule has 0 heterocycles. The topological polar surface area (TPSA) is 82.0 Å². The minimum atomic E-state index is -0.376. The zero-order chi connectivity index (χ0) is 17.4. The lowest BCUT2D eigenvalue weighted by Gasteiger charge is -2.05. The van der Waals surface area contributed by atoms with Gasteiger partial charge in [0.25, 0.3) is 0 Å². The molecule has 24 heavy (non-hydrogen) atoms. The fraction of sp³-hybridized carbons (Fsp3) is 0.0556. The van der Waals surface area contributed by atoms with Crippen LogP contribution in [0.1, 0.15) is 12.0 Å². The summed E-state index contributed by atoms with van der Waals surface area (Å²) in [5.41, 5.74) is 1.98. The fourth-order valence-corrected chi connectivity index (χ4v) is 2.08. The number of anilines is 2. The van der Waals surface area contributed by atoms with Crippen LogP contribution in [-0.4, -0.2) is 11.8 Å². The predicted octanol–water partition coefficient (Wildman–Crippen LogP) is 3.84. The predicted molar refractivity (Wildman–Crippen MR) is 94.4 cm³/mol. The van der Waals surface area contributed by atoms with E-state index in [9.17, 15) is 9.59 Å². The highest BCUT2D eigenvalue weighted by Crippen LogP contribution is 2.15. The van der Waals surface area contributed by atoms with Gasteiger partial charge in [-0.15, -0.1) is 0 Å². The Morgan fingerprint density at radius 2 is 1.75 bits per heavy atom. The van der Waals surface area contributed by atoms with E-state index < -0.39 is 0 Å². The molecule has 0 aliphatic rings. The molecule has 0 aromatic heterocycles. The smallest absolute Gasteiger partial charge is 0.248 e. The first-order valence-corrected chi connectivity index (χ1v) is 7.46. The first-order valence-electron chi connectivity index (χ1n) is 7.08. The summed E-state index contributed by atoms with van der Waals surface area (Å²) >= 11 is 5.88. The lowest BCUT2D eigenvalue weighted by molar-refractivity contribution is -0.115. The Labute approximate surface area is 144 Å². The van der Waals surface area contributed by atoms with Crippen molar-refractivity contribution in [2.45, 2.75) is 6.42 Å². The summed E-state index contributed by atoms with van der Waals surface area (Å²) in [7, 11) is 0. The average molecular weight is 340 g/mol. The number of carbonyl (C=O) groups excluding carboxylic acids is 2. The molecule has 0 unspecified atom stereocenters. The molecule has 0 aliphatic carbocycles. The Bertz CT molecular complexity index is 808. The Balaban J connectivity index is 1.92. The van der Waals surface area contributed by atoms with Crippen LogP contribution >= 0.6 is 11.6 Å². The largest absolute Gasteiger partial charge is 0.325 e. The number of benzene rings is 2. The van der Waals surface area contributed by atoms with Crippen molar-refractivity contribution in [1.29, 1.82) is 5.26 Å². The molecular weight excluding hydrogens is 326 g/mol. The summed E-state index contributed by atoms with van der Waals surface area (Å²) < 4.78 is 0. The van der Waals surface area contributed by atoms with E-state index in [0.717, 1.165) is 5.56 Å². The number of nitriles is 1. The molecule has 120 valence electrons. The van der Waals surface area contributed by atoms with Gasteiger partial charge in [-0.1, -0.05) is 23.7 Å². The minimum Gasteiger partial charge on any atom is -0.325 e. The van der Waals surface area contributed by atoms with Crippen LogP contribution in [0.5, 0.6) is 0 Å². The third-order valence-corrected chi connectivity index (χ3v) is 3.19. The molecule has 2 aromatic rings. The summed E-state index contributed by atoms with van der Waals surface area (Å²) in [6, 6.07) is 15.5. The summed E-state index contributed by atoms with van der Waals surface area (Å²) in [6.07, 6.45) is 2.87. The summed E-state index contributed by atoms with van der Waals surface area (Å²) in [4.78, 5) is 23.2. The molecule has 0 saturated carbocycles. The molecule has 6 heteroatoms. The Hall–Kier alpha value is -3.10. The van der Waals surface area contributed by atoms with Crippen molar-refractivity contribution >= 4 is 40.9 Å². The van der Waals surface area contributed by atoms with Gasteiger partial charge in [-0.05, 0) is 48.0 Å². The van der Waals surface area contributed by atoms with Crippen molar-refractivity contribution in [1.82, 2.24) is 0 Å². The molecule has 0 bridgehead atoms. The third-order valence-electron chi connectivity index (χ3n) is 2.95. The van der Waals surface area contributed by atoms with Crippen molar-refractivity contribution < 1.29 is 9.59 Å². The molecule has 2 amide bonds.